The summed E-state index contributed by atoms with van der Waals surface area (Å²) in [6.45, 7) is 3.45. The summed E-state index contributed by atoms with van der Waals surface area (Å²) in [5.41, 5.74) is 6.10. The fraction of sp³-hybridized carbons (Fsp3) is 0.364. The summed E-state index contributed by atoms with van der Waals surface area (Å²) in [5, 5.41) is 2.94. The molecular formula is C11H16N2O2. The Balaban J connectivity index is 2.39. The third-order valence-electron chi connectivity index (χ3n) is 1.86. The van der Waals surface area contributed by atoms with Crippen LogP contribution in [0.1, 0.15) is 12.5 Å². The molecule has 0 aliphatic heterocycles. The van der Waals surface area contributed by atoms with E-state index in [0.717, 1.165) is 11.3 Å². The highest BCUT2D eigenvalue weighted by molar-refractivity contribution is 5.75. The molecule has 0 unspecified atom stereocenters. The lowest BCUT2D eigenvalue weighted by Crippen LogP contribution is -2.28. The molecule has 1 rings (SSSR count). The van der Waals surface area contributed by atoms with Crippen LogP contribution in [-0.4, -0.2) is 19.1 Å². The molecular weight excluding hydrogens is 192 g/mol. The minimum Gasteiger partial charge on any atom is -0.494 e. The molecule has 0 atom stereocenters. The Labute approximate surface area is 89.4 Å². The van der Waals surface area contributed by atoms with Gasteiger partial charge in [-0.3, -0.25) is 4.79 Å². The summed E-state index contributed by atoms with van der Waals surface area (Å²) < 4.78 is 5.31. The molecule has 3 N–H and O–H groups in total. The van der Waals surface area contributed by atoms with Crippen LogP contribution in [0.4, 0.5) is 0 Å². The number of benzene rings is 1. The molecule has 0 radical (unpaired) electrons. The smallest absolute Gasteiger partial charge is 0.231 e. The molecule has 82 valence electrons. The Bertz CT molecular complexity index is 309. The van der Waals surface area contributed by atoms with Crippen LogP contribution < -0.4 is 15.8 Å². The van der Waals surface area contributed by atoms with Crippen molar-refractivity contribution in [1.82, 2.24) is 5.32 Å². The molecule has 15 heavy (non-hydrogen) atoms. The molecule has 0 fully saturated rings. The van der Waals surface area contributed by atoms with Crippen LogP contribution in [0.2, 0.25) is 0 Å². The molecule has 1 aromatic rings. The van der Waals surface area contributed by atoms with Gasteiger partial charge in [0.2, 0.25) is 5.91 Å². The summed E-state index contributed by atoms with van der Waals surface area (Å²) in [5.74, 6) is 0.511. The fourth-order valence-electron chi connectivity index (χ4n) is 1.20. The second kappa shape index (κ2) is 6.03. The van der Waals surface area contributed by atoms with Gasteiger partial charge in [-0.05, 0) is 24.6 Å². The Hall–Kier alpha value is -1.55. The third kappa shape index (κ3) is 4.46. The van der Waals surface area contributed by atoms with E-state index in [1.165, 1.54) is 0 Å². The van der Waals surface area contributed by atoms with Gasteiger partial charge in [0.15, 0.2) is 0 Å². The summed E-state index contributed by atoms with van der Waals surface area (Å²) in [6.07, 6.45) is 0. The van der Waals surface area contributed by atoms with Crippen LogP contribution in [-0.2, 0) is 11.3 Å². The zero-order valence-electron chi connectivity index (χ0n) is 8.82. The number of nitrogens with one attached hydrogen (secondary N) is 1. The zero-order valence-corrected chi connectivity index (χ0v) is 8.82. The maximum Gasteiger partial charge on any atom is 0.231 e. The number of amides is 1. The minimum absolute atomic E-state index is 0.202. The van der Waals surface area contributed by atoms with E-state index in [2.05, 4.69) is 5.32 Å². The first-order valence-electron chi connectivity index (χ1n) is 4.93. The summed E-state index contributed by atoms with van der Waals surface area (Å²) in [6, 6.07) is 7.73. The molecule has 1 amide bonds. The van der Waals surface area contributed by atoms with E-state index in [1.807, 2.05) is 31.2 Å². The van der Waals surface area contributed by atoms with Crippen LogP contribution in [0.15, 0.2) is 24.3 Å². The SMILES string of the molecule is CCOc1ccc(CNCC(N)=O)cc1. The van der Waals surface area contributed by atoms with Crippen LogP contribution in [0.5, 0.6) is 5.75 Å². The molecule has 0 heterocycles. The molecule has 4 nitrogen and oxygen atoms in total. The number of carbonyl (C=O) groups is 1. The number of hydrogen-bond acceptors (Lipinski definition) is 3. The van der Waals surface area contributed by atoms with Gasteiger partial charge in [0.1, 0.15) is 5.75 Å². The van der Waals surface area contributed by atoms with Crippen molar-refractivity contribution in [2.75, 3.05) is 13.2 Å². The van der Waals surface area contributed by atoms with E-state index in [0.29, 0.717) is 13.2 Å². The first-order chi connectivity index (χ1) is 7.22. The highest BCUT2D eigenvalue weighted by Gasteiger charge is 1.96. The molecule has 0 spiro atoms. The van der Waals surface area contributed by atoms with E-state index in [4.69, 9.17) is 10.5 Å². The van der Waals surface area contributed by atoms with Crippen LogP contribution in [0.3, 0.4) is 0 Å². The van der Waals surface area contributed by atoms with Crippen LogP contribution >= 0.6 is 0 Å². The second-order valence-corrected chi connectivity index (χ2v) is 3.15. The number of carbonyl (C=O) groups excluding carboxylic acids is 1. The lowest BCUT2D eigenvalue weighted by molar-refractivity contribution is -0.117. The van der Waals surface area contributed by atoms with Gasteiger partial charge in [0.05, 0.1) is 13.2 Å². The second-order valence-electron chi connectivity index (χ2n) is 3.15. The molecule has 0 aromatic heterocycles. The lowest BCUT2D eigenvalue weighted by atomic mass is 10.2. The van der Waals surface area contributed by atoms with Gasteiger partial charge in [-0.1, -0.05) is 12.1 Å². The monoisotopic (exact) mass is 208 g/mol. The Morgan fingerprint density at radius 1 is 1.40 bits per heavy atom. The Morgan fingerprint density at radius 2 is 2.07 bits per heavy atom. The van der Waals surface area contributed by atoms with E-state index >= 15 is 0 Å². The summed E-state index contributed by atoms with van der Waals surface area (Å²) in [7, 11) is 0. The van der Waals surface area contributed by atoms with Gasteiger partial charge in [0.25, 0.3) is 0 Å². The number of primary amides is 1. The summed E-state index contributed by atoms with van der Waals surface area (Å²) >= 11 is 0. The number of nitrogens with two attached hydrogens (primary N) is 1. The van der Waals surface area contributed by atoms with Crippen molar-refractivity contribution in [3.63, 3.8) is 0 Å². The van der Waals surface area contributed by atoms with Gasteiger partial charge in [-0.2, -0.15) is 0 Å². The quantitative estimate of drug-likeness (QED) is 0.721. The van der Waals surface area contributed by atoms with E-state index in [1.54, 1.807) is 0 Å². The van der Waals surface area contributed by atoms with Crippen molar-refractivity contribution >= 4 is 5.91 Å². The molecule has 0 bridgehead atoms. The molecule has 0 aliphatic carbocycles. The van der Waals surface area contributed by atoms with Crippen molar-refractivity contribution in [2.45, 2.75) is 13.5 Å². The number of ether oxygens (including phenoxy) is 1. The molecule has 0 saturated carbocycles. The van der Waals surface area contributed by atoms with Crippen LogP contribution in [0.25, 0.3) is 0 Å². The van der Waals surface area contributed by atoms with Gasteiger partial charge >= 0.3 is 0 Å². The van der Waals surface area contributed by atoms with E-state index in [-0.39, 0.29) is 12.5 Å². The predicted molar refractivity (Wildman–Crippen MR) is 58.5 cm³/mol. The van der Waals surface area contributed by atoms with E-state index < -0.39 is 0 Å². The lowest BCUT2D eigenvalue weighted by Gasteiger charge is -2.05. The first-order valence-corrected chi connectivity index (χ1v) is 4.93. The maximum atomic E-state index is 10.5. The fourth-order valence-corrected chi connectivity index (χ4v) is 1.20. The predicted octanol–water partition coefficient (Wildman–Crippen LogP) is 0.660. The molecule has 0 aliphatic rings. The summed E-state index contributed by atoms with van der Waals surface area (Å²) in [4.78, 5) is 10.5. The van der Waals surface area contributed by atoms with Gasteiger partial charge in [0, 0.05) is 6.54 Å². The number of hydrogen-bond donors (Lipinski definition) is 2. The van der Waals surface area contributed by atoms with Crippen molar-refractivity contribution < 1.29 is 9.53 Å². The highest BCUT2D eigenvalue weighted by atomic mass is 16.5. The number of rotatable bonds is 6. The maximum absolute atomic E-state index is 10.5. The Kier molecular flexibility index (Phi) is 4.63. The topological polar surface area (TPSA) is 64.3 Å². The van der Waals surface area contributed by atoms with E-state index in [9.17, 15) is 4.79 Å². The molecule has 1 aromatic carbocycles. The van der Waals surface area contributed by atoms with Crippen molar-refractivity contribution in [3.05, 3.63) is 29.8 Å². The average Bonchev–Trinajstić information content (AvgIpc) is 2.20. The molecule has 4 heteroatoms. The van der Waals surface area contributed by atoms with Crippen molar-refractivity contribution in [3.8, 4) is 5.75 Å². The van der Waals surface area contributed by atoms with Crippen molar-refractivity contribution in [1.29, 1.82) is 0 Å². The van der Waals surface area contributed by atoms with Gasteiger partial charge < -0.3 is 15.8 Å². The van der Waals surface area contributed by atoms with Gasteiger partial charge in [-0.15, -0.1) is 0 Å². The first kappa shape index (κ1) is 11.5. The third-order valence-corrected chi connectivity index (χ3v) is 1.86. The van der Waals surface area contributed by atoms with Gasteiger partial charge in [-0.25, -0.2) is 0 Å². The standard InChI is InChI=1S/C11H16N2O2/c1-2-15-10-5-3-9(4-6-10)7-13-8-11(12)14/h3-6,13H,2,7-8H2,1H3,(H2,12,14). The molecule has 0 saturated heterocycles. The zero-order chi connectivity index (χ0) is 11.1. The average molecular weight is 208 g/mol. The largest absolute Gasteiger partial charge is 0.494 e. The van der Waals surface area contributed by atoms with Crippen molar-refractivity contribution in [2.24, 2.45) is 5.73 Å². The minimum atomic E-state index is -0.346. The highest BCUT2D eigenvalue weighted by Crippen LogP contribution is 2.11. The Morgan fingerprint density at radius 3 is 2.60 bits per heavy atom. The van der Waals surface area contributed by atoms with Crippen LogP contribution in [0, 0.1) is 0 Å². The normalized spacial score (nSPS) is 9.93.